The first-order valence-electron chi connectivity index (χ1n) is 4.18. The highest BCUT2D eigenvalue weighted by Gasteiger charge is 2.09. The van der Waals surface area contributed by atoms with Crippen LogP contribution in [0.15, 0.2) is 26.2 Å². The maximum absolute atomic E-state index is 11.1. The Morgan fingerprint density at radius 1 is 1.19 bits per heavy atom. The number of nitrogens with one attached hydrogen (secondary N) is 2. The predicted octanol–water partition coefficient (Wildman–Crippen LogP) is 0.677. The van der Waals surface area contributed by atoms with Gasteiger partial charge in [0.2, 0.25) is 0 Å². The number of carboxylic acid groups (broad SMARTS) is 1. The number of aromatic nitrogens is 2. The van der Waals surface area contributed by atoms with E-state index in [1.165, 1.54) is 12.1 Å². The quantitative estimate of drug-likeness (QED) is 0.670. The molecule has 16 heavy (non-hydrogen) atoms. The van der Waals surface area contributed by atoms with E-state index in [1.807, 2.05) is 0 Å². The van der Waals surface area contributed by atoms with Crippen LogP contribution < -0.4 is 11.1 Å². The highest BCUT2D eigenvalue weighted by Crippen LogP contribution is 2.21. The molecule has 0 saturated heterocycles. The molecule has 0 spiro atoms. The molecule has 0 amide bonds. The van der Waals surface area contributed by atoms with Crippen molar-refractivity contribution in [3.63, 3.8) is 0 Å². The Kier molecular flexibility index (Phi) is 2.39. The molecule has 2 aromatic rings. The number of fused-ring (bicyclic) bond motifs is 1. The molecule has 0 aliphatic heterocycles. The maximum atomic E-state index is 11.1. The molecule has 0 atom stereocenters. The van der Waals surface area contributed by atoms with Crippen LogP contribution in [0.4, 0.5) is 0 Å². The number of halogens is 1. The van der Waals surface area contributed by atoms with Gasteiger partial charge in [-0.25, -0.2) is 4.79 Å². The third-order valence-corrected chi connectivity index (χ3v) is 2.66. The van der Waals surface area contributed by atoms with Crippen LogP contribution in [-0.2, 0) is 0 Å². The number of aromatic carboxylic acids is 1. The standard InChI is InChI=1S/C9H5BrN2O4/c10-4-1-3(9(15)16)2-5-6(4)12-8(14)7(13)11-5/h1-2H,(H,11,13)(H,12,14)(H,15,16). The van der Waals surface area contributed by atoms with E-state index < -0.39 is 17.1 Å². The van der Waals surface area contributed by atoms with Gasteiger partial charge in [-0.05, 0) is 28.1 Å². The predicted molar refractivity (Wildman–Crippen MR) is 59.8 cm³/mol. The fourth-order valence-electron chi connectivity index (χ4n) is 1.31. The van der Waals surface area contributed by atoms with Gasteiger partial charge in [0.25, 0.3) is 0 Å². The topological polar surface area (TPSA) is 103 Å². The summed E-state index contributed by atoms with van der Waals surface area (Å²) in [5.74, 6) is -1.12. The average molecular weight is 285 g/mol. The SMILES string of the molecule is O=C(O)c1cc(Br)c2[nH]c(=O)c(=O)[nH]c2c1. The number of aromatic amines is 2. The highest BCUT2D eigenvalue weighted by atomic mass is 79.9. The summed E-state index contributed by atoms with van der Waals surface area (Å²) in [6.07, 6.45) is 0. The zero-order valence-electron chi connectivity index (χ0n) is 7.70. The number of hydrogen-bond donors (Lipinski definition) is 3. The second-order valence-electron chi connectivity index (χ2n) is 3.09. The minimum Gasteiger partial charge on any atom is -0.478 e. The van der Waals surface area contributed by atoms with Crippen molar-refractivity contribution in [3.05, 3.63) is 42.9 Å². The summed E-state index contributed by atoms with van der Waals surface area (Å²) in [7, 11) is 0. The van der Waals surface area contributed by atoms with Crippen LogP contribution in [-0.4, -0.2) is 21.0 Å². The van der Waals surface area contributed by atoms with Crippen LogP contribution in [0.2, 0.25) is 0 Å². The van der Waals surface area contributed by atoms with Gasteiger partial charge in [0.05, 0.1) is 16.6 Å². The third kappa shape index (κ3) is 1.65. The van der Waals surface area contributed by atoms with Gasteiger partial charge in [0, 0.05) is 4.47 Å². The van der Waals surface area contributed by atoms with Crippen molar-refractivity contribution < 1.29 is 9.90 Å². The zero-order valence-corrected chi connectivity index (χ0v) is 9.29. The first-order chi connectivity index (χ1) is 7.49. The van der Waals surface area contributed by atoms with Crippen molar-refractivity contribution >= 4 is 32.9 Å². The lowest BCUT2D eigenvalue weighted by atomic mass is 10.2. The lowest BCUT2D eigenvalue weighted by Crippen LogP contribution is -2.29. The van der Waals surface area contributed by atoms with Gasteiger partial charge in [-0.2, -0.15) is 0 Å². The van der Waals surface area contributed by atoms with Gasteiger partial charge in [0.15, 0.2) is 0 Å². The lowest BCUT2D eigenvalue weighted by Gasteiger charge is -2.02. The number of rotatable bonds is 1. The molecule has 3 N–H and O–H groups in total. The molecule has 1 heterocycles. The smallest absolute Gasteiger partial charge is 0.335 e. The van der Waals surface area contributed by atoms with Crippen molar-refractivity contribution in [3.8, 4) is 0 Å². The molecule has 2 rings (SSSR count). The van der Waals surface area contributed by atoms with Crippen molar-refractivity contribution in [2.24, 2.45) is 0 Å². The number of benzene rings is 1. The van der Waals surface area contributed by atoms with E-state index in [9.17, 15) is 14.4 Å². The number of hydrogen-bond acceptors (Lipinski definition) is 3. The molecule has 0 fully saturated rings. The van der Waals surface area contributed by atoms with E-state index in [1.54, 1.807) is 0 Å². The van der Waals surface area contributed by atoms with Gasteiger partial charge in [-0.15, -0.1) is 0 Å². The van der Waals surface area contributed by atoms with Gasteiger partial charge < -0.3 is 15.1 Å². The van der Waals surface area contributed by atoms with Gasteiger partial charge >= 0.3 is 17.1 Å². The van der Waals surface area contributed by atoms with Crippen LogP contribution in [0.5, 0.6) is 0 Å². The largest absolute Gasteiger partial charge is 0.478 e. The Morgan fingerprint density at radius 2 is 1.81 bits per heavy atom. The van der Waals surface area contributed by atoms with Gasteiger partial charge in [-0.3, -0.25) is 9.59 Å². The van der Waals surface area contributed by atoms with Crippen LogP contribution >= 0.6 is 15.9 Å². The lowest BCUT2D eigenvalue weighted by molar-refractivity contribution is 0.0697. The van der Waals surface area contributed by atoms with E-state index in [-0.39, 0.29) is 11.1 Å². The average Bonchev–Trinajstić information content (AvgIpc) is 2.20. The van der Waals surface area contributed by atoms with E-state index in [0.29, 0.717) is 9.99 Å². The molecule has 0 bridgehead atoms. The summed E-state index contributed by atoms with van der Waals surface area (Å²) in [4.78, 5) is 37.5. The third-order valence-electron chi connectivity index (χ3n) is 2.03. The van der Waals surface area contributed by atoms with Crippen LogP contribution in [0.25, 0.3) is 11.0 Å². The second-order valence-corrected chi connectivity index (χ2v) is 3.95. The Bertz CT molecular complexity index is 701. The van der Waals surface area contributed by atoms with Crippen molar-refractivity contribution in [1.29, 1.82) is 0 Å². The molecule has 82 valence electrons. The van der Waals surface area contributed by atoms with E-state index in [2.05, 4.69) is 25.9 Å². The molecular formula is C9H5BrN2O4. The number of H-pyrrole nitrogens is 2. The molecule has 7 heteroatoms. The van der Waals surface area contributed by atoms with Gasteiger partial charge in [0.1, 0.15) is 0 Å². The summed E-state index contributed by atoms with van der Waals surface area (Å²) in [5.41, 5.74) is -0.966. The molecule has 1 aromatic carbocycles. The second kappa shape index (κ2) is 3.60. The van der Waals surface area contributed by atoms with E-state index in [0.717, 1.165) is 0 Å². The zero-order chi connectivity index (χ0) is 11.9. The maximum Gasteiger partial charge on any atom is 0.335 e. The molecular weight excluding hydrogens is 280 g/mol. The molecule has 0 radical (unpaired) electrons. The Balaban J connectivity index is 2.93. The van der Waals surface area contributed by atoms with Crippen molar-refractivity contribution in [2.75, 3.05) is 0 Å². The monoisotopic (exact) mass is 284 g/mol. The van der Waals surface area contributed by atoms with E-state index in [4.69, 9.17) is 5.11 Å². The van der Waals surface area contributed by atoms with Crippen LogP contribution in [0.3, 0.4) is 0 Å². The van der Waals surface area contributed by atoms with Crippen LogP contribution in [0.1, 0.15) is 10.4 Å². The normalized spacial score (nSPS) is 10.6. The molecule has 0 aliphatic rings. The fourth-order valence-corrected chi connectivity index (χ4v) is 1.86. The first kappa shape index (κ1) is 10.6. The summed E-state index contributed by atoms with van der Waals surface area (Å²) >= 11 is 3.12. The molecule has 0 unspecified atom stereocenters. The Hall–Kier alpha value is -1.89. The minimum absolute atomic E-state index is 0.0158. The minimum atomic E-state index is -1.12. The van der Waals surface area contributed by atoms with Crippen molar-refractivity contribution in [1.82, 2.24) is 9.97 Å². The number of carbonyl (C=O) groups is 1. The fraction of sp³-hybridized carbons (Fsp3) is 0. The highest BCUT2D eigenvalue weighted by molar-refractivity contribution is 9.10. The number of carboxylic acids is 1. The summed E-state index contributed by atoms with van der Waals surface area (Å²) in [5, 5.41) is 8.81. The summed E-state index contributed by atoms with van der Waals surface area (Å²) < 4.78 is 0.399. The first-order valence-corrected chi connectivity index (χ1v) is 4.97. The molecule has 1 aromatic heterocycles. The Morgan fingerprint density at radius 3 is 2.44 bits per heavy atom. The van der Waals surface area contributed by atoms with Crippen LogP contribution in [0, 0.1) is 0 Å². The molecule has 0 aliphatic carbocycles. The van der Waals surface area contributed by atoms with E-state index >= 15 is 0 Å². The van der Waals surface area contributed by atoms with Gasteiger partial charge in [-0.1, -0.05) is 0 Å². The summed E-state index contributed by atoms with van der Waals surface area (Å²) in [6.45, 7) is 0. The molecule has 6 nitrogen and oxygen atoms in total. The summed E-state index contributed by atoms with van der Waals surface area (Å²) in [6, 6.07) is 2.62. The Labute approximate surface area is 96.1 Å². The molecule has 0 saturated carbocycles. The van der Waals surface area contributed by atoms with Crippen molar-refractivity contribution in [2.45, 2.75) is 0 Å².